The number of nitrogens with two attached hydrogens (primary N) is 2. The van der Waals surface area contributed by atoms with E-state index >= 15 is 0 Å². The van der Waals surface area contributed by atoms with Gasteiger partial charge in [0, 0.05) is 13.1 Å². The molecular formula is C29H50N6O. The second-order valence-corrected chi connectivity index (χ2v) is 9.57. The van der Waals surface area contributed by atoms with E-state index in [4.69, 9.17) is 16.2 Å². The molecule has 36 heavy (non-hydrogen) atoms. The Bertz CT molecular complexity index is 774. The second-order valence-electron chi connectivity index (χ2n) is 9.57. The van der Waals surface area contributed by atoms with Crippen LogP contribution in [0.15, 0.2) is 42.5 Å². The van der Waals surface area contributed by atoms with Gasteiger partial charge in [-0.1, -0.05) is 18.2 Å². The lowest BCUT2D eigenvalue weighted by Crippen LogP contribution is -2.24. The van der Waals surface area contributed by atoms with E-state index in [2.05, 4.69) is 77.6 Å². The summed E-state index contributed by atoms with van der Waals surface area (Å²) < 4.78 is 5.82. The molecule has 7 heteroatoms. The van der Waals surface area contributed by atoms with Crippen LogP contribution in [0, 0.1) is 0 Å². The SMILES string of the molecule is CC(C)Oc1ccc(-c2cc(CNCCCNCCCN)cc(CNCCCNCCCN)c2)cc1. The Morgan fingerprint density at radius 3 is 1.56 bits per heavy atom. The predicted molar refractivity (Wildman–Crippen MR) is 153 cm³/mol. The molecule has 202 valence electrons. The molecule has 8 N–H and O–H groups in total. The van der Waals surface area contributed by atoms with Crippen molar-refractivity contribution >= 4 is 0 Å². The zero-order valence-electron chi connectivity index (χ0n) is 22.6. The van der Waals surface area contributed by atoms with Crippen LogP contribution in [-0.4, -0.2) is 58.5 Å². The first-order valence-corrected chi connectivity index (χ1v) is 13.7. The largest absolute Gasteiger partial charge is 0.491 e. The minimum absolute atomic E-state index is 0.176. The van der Waals surface area contributed by atoms with Crippen LogP contribution in [0.3, 0.4) is 0 Å². The zero-order chi connectivity index (χ0) is 25.8. The van der Waals surface area contributed by atoms with Crippen molar-refractivity contribution in [1.29, 1.82) is 0 Å². The molecule has 0 radical (unpaired) electrons. The molecule has 2 rings (SSSR count). The van der Waals surface area contributed by atoms with Crippen LogP contribution in [0.1, 0.15) is 50.7 Å². The summed E-state index contributed by atoms with van der Waals surface area (Å²) in [5, 5.41) is 14.1. The standard InChI is InChI=1S/C29H50N6O/c1-24(2)36-29-9-7-27(8-10-29)28-20-25(22-34-17-5-15-32-13-3-11-30)19-26(21-28)23-35-18-6-16-33-14-4-12-31/h7-10,19-21,24,32-35H,3-6,11-18,22-23,30-31H2,1-2H3. The van der Waals surface area contributed by atoms with Crippen molar-refractivity contribution in [3.8, 4) is 16.9 Å². The average molecular weight is 499 g/mol. The fourth-order valence-corrected chi connectivity index (χ4v) is 3.98. The van der Waals surface area contributed by atoms with E-state index in [0.717, 1.165) is 96.9 Å². The number of hydrogen-bond donors (Lipinski definition) is 6. The van der Waals surface area contributed by atoms with E-state index in [1.54, 1.807) is 0 Å². The first kappa shape index (κ1) is 30.2. The maximum absolute atomic E-state index is 5.82. The lowest BCUT2D eigenvalue weighted by Gasteiger charge is -2.14. The van der Waals surface area contributed by atoms with Gasteiger partial charge in [0.15, 0.2) is 0 Å². The third-order valence-corrected chi connectivity index (χ3v) is 5.80. The third kappa shape index (κ3) is 13.3. The Hall–Kier alpha value is -2.00. The molecule has 0 unspecified atom stereocenters. The van der Waals surface area contributed by atoms with Crippen LogP contribution in [0.4, 0.5) is 0 Å². The number of benzene rings is 2. The molecule has 2 aromatic rings. The van der Waals surface area contributed by atoms with Gasteiger partial charge in [0.25, 0.3) is 0 Å². The predicted octanol–water partition coefficient (Wildman–Crippen LogP) is 2.98. The molecule has 0 saturated heterocycles. The number of hydrogen-bond acceptors (Lipinski definition) is 7. The number of rotatable bonds is 21. The molecule has 0 heterocycles. The van der Waals surface area contributed by atoms with Crippen LogP contribution < -0.4 is 37.5 Å². The van der Waals surface area contributed by atoms with Crippen molar-refractivity contribution in [3.05, 3.63) is 53.6 Å². The summed E-state index contributed by atoms with van der Waals surface area (Å²) in [7, 11) is 0. The van der Waals surface area contributed by atoms with Gasteiger partial charge in [0.1, 0.15) is 5.75 Å². The minimum atomic E-state index is 0.176. The molecule has 0 aliphatic carbocycles. The molecule has 0 aliphatic rings. The van der Waals surface area contributed by atoms with Crippen LogP contribution in [-0.2, 0) is 13.1 Å². The van der Waals surface area contributed by atoms with E-state index in [9.17, 15) is 0 Å². The van der Waals surface area contributed by atoms with E-state index < -0.39 is 0 Å². The maximum Gasteiger partial charge on any atom is 0.119 e. The Morgan fingerprint density at radius 1 is 0.611 bits per heavy atom. The fourth-order valence-electron chi connectivity index (χ4n) is 3.98. The van der Waals surface area contributed by atoms with Gasteiger partial charge in [0.05, 0.1) is 6.10 Å². The molecule has 0 bridgehead atoms. The highest BCUT2D eigenvalue weighted by Gasteiger charge is 2.06. The third-order valence-electron chi connectivity index (χ3n) is 5.80. The van der Waals surface area contributed by atoms with Gasteiger partial charge in [-0.05, 0) is 138 Å². The van der Waals surface area contributed by atoms with Crippen molar-refractivity contribution in [2.45, 2.75) is 58.7 Å². The van der Waals surface area contributed by atoms with Gasteiger partial charge in [0.2, 0.25) is 0 Å². The lowest BCUT2D eigenvalue weighted by atomic mass is 9.99. The smallest absolute Gasteiger partial charge is 0.119 e. The highest BCUT2D eigenvalue weighted by atomic mass is 16.5. The average Bonchev–Trinajstić information content (AvgIpc) is 2.87. The van der Waals surface area contributed by atoms with E-state index in [0.29, 0.717) is 0 Å². The summed E-state index contributed by atoms with van der Waals surface area (Å²) >= 11 is 0. The van der Waals surface area contributed by atoms with Crippen molar-refractivity contribution < 1.29 is 4.74 Å². The summed E-state index contributed by atoms with van der Waals surface area (Å²) in [4.78, 5) is 0. The summed E-state index contributed by atoms with van der Waals surface area (Å²) in [6, 6.07) is 15.4. The van der Waals surface area contributed by atoms with Gasteiger partial charge in [-0.3, -0.25) is 0 Å². The van der Waals surface area contributed by atoms with Crippen LogP contribution >= 0.6 is 0 Å². The number of ether oxygens (including phenoxy) is 1. The minimum Gasteiger partial charge on any atom is -0.491 e. The van der Waals surface area contributed by atoms with E-state index in [-0.39, 0.29) is 6.10 Å². The lowest BCUT2D eigenvalue weighted by molar-refractivity contribution is 0.242. The first-order chi connectivity index (χ1) is 17.6. The molecular weight excluding hydrogens is 448 g/mol. The van der Waals surface area contributed by atoms with Crippen molar-refractivity contribution in [1.82, 2.24) is 21.3 Å². The normalized spacial score (nSPS) is 11.4. The number of nitrogens with one attached hydrogen (secondary N) is 4. The molecule has 2 aromatic carbocycles. The molecule has 0 saturated carbocycles. The van der Waals surface area contributed by atoms with Crippen LogP contribution in [0.2, 0.25) is 0 Å². The van der Waals surface area contributed by atoms with Gasteiger partial charge < -0.3 is 37.5 Å². The van der Waals surface area contributed by atoms with Crippen LogP contribution in [0.25, 0.3) is 11.1 Å². The Balaban J connectivity index is 1.93. The first-order valence-electron chi connectivity index (χ1n) is 13.7. The van der Waals surface area contributed by atoms with Gasteiger partial charge in [-0.15, -0.1) is 0 Å². The highest BCUT2D eigenvalue weighted by Crippen LogP contribution is 2.25. The second kappa shape index (κ2) is 19.2. The van der Waals surface area contributed by atoms with Gasteiger partial charge in [-0.25, -0.2) is 0 Å². The fraction of sp³-hybridized carbons (Fsp3) is 0.586. The topological polar surface area (TPSA) is 109 Å². The van der Waals surface area contributed by atoms with Gasteiger partial charge >= 0.3 is 0 Å². The quantitative estimate of drug-likeness (QED) is 0.147. The summed E-state index contributed by atoms with van der Waals surface area (Å²) in [6.45, 7) is 13.4. The Kier molecular flexibility index (Phi) is 16.1. The van der Waals surface area contributed by atoms with E-state index in [1.165, 1.54) is 22.3 Å². The van der Waals surface area contributed by atoms with Gasteiger partial charge in [-0.2, -0.15) is 0 Å². The molecule has 7 nitrogen and oxygen atoms in total. The molecule has 0 amide bonds. The van der Waals surface area contributed by atoms with Crippen molar-refractivity contribution in [2.75, 3.05) is 52.4 Å². The summed E-state index contributed by atoms with van der Waals surface area (Å²) in [5.41, 5.74) is 16.2. The Labute approximate surface area is 219 Å². The monoisotopic (exact) mass is 498 g/mol. The molecule has 0 aliphatic heterocycles. The van der Waals surface area contributed by atoms with Crippen molar-refractivity contribution in [3.63, 3.8) is 0 Å². The maximum atomic E-state index is 5.82. The van der Waals surface area contributed by atoms with Crippen LogP contribution in [0.5, 0.6) is 5.75 Å². The summed E-state index contributed by atoms with van der Waals surface area (Å²) in [5.74, 6) is 0.911. The summed E-state index contributed by atoms with van der Waals surface area (Å²) in [6.07, 6.45) is 4.46. The zero-order valence-corrected chi connectivity index (χ0v) is 22.6. The highest BCUT2D eigenvalue weighted by molar-refractivity contribution is 5.66. The van der Waals surface area contributed by atoms with Crippen molar-refractivity contribution in [2.24, 2.45) is 11.5 Å². The molecule has 0 aromatic heterocycles. The Morgan fingerprint density at radius 2 is 1.08 bits per heavy atom. The molecule has 0 spiro atoms. The molecule has 0 fully saturated rings. The van der Waals surface area contributed by atoms with E-state index in [1.807, 2.05) is 0 Å². The molecule has 0 atom stereocenters.